The highest BCUT2D eigenvalue weighted by Gasteiger charge is 2.06. The molecule has 0 saturated heterocycles. The Morgan fingerprint density at radius 3 is 2.25 bits per heavy atom. The molecule has 0 aromatic heterocycles. The van der Waals surface area contributed by atoms with Crippen LogP contribution < -0.4 is 0 Å². The van der Waals surface area contributed by atoms with E-state index in [0.717, 1.165) is 9.80 Å². The van der Waals surface area contributed by atoms with E-state index in [1.165, 1.54) is 12.0 Å². The van der Waals surface area contributed by atoms with E-state index in [1.807, 2.05) is 0 Å². The molecule has 0 N–H and O–H groups in total. The fraction of sp³-hybridized carbons (Fsp3) is 0.400. The highest BCUT2D eigenvalue weighted by atomic mass is 79.9. The molecule has 0 aliphatic rings. The second-order valence-electron chi connectivity index (χ2n) is 2.81. The number of hydrogen-bond donors (Lipinski definition) is 0. The molecule has 1 rings (SSSR count). The van der Waals surface area contributed by atoms with Crippen LogP contribution in [-0.2, 0) is 0 Å². The summed E-state index contributed by atoms with van der Waals surface area (Å²) in [7, 11) is 0. The SMILES string of the molecule is CCC(CBr)c1ccc(Br)cc1. The summed E-state index contributed by atoms with van der Waals surface area (Å²) >= 11 is 6.95. The highest BCUT2D eigenvalue weighted by molar-refractivity contribution is 9.10. The second-order valence-corrected chi connectivity index (χ2v) is 4.37. The van der Waals surface area contributed by atoms with E-state index in [9.17, 15) is 0 Å². The van der Waals surface area contributed by atoms with Crippen LogP contribution in [0.3, 0.4) is 0 Å². The monoisotopic (exact) mass is 290 g/mol. The summed E-state index contributed by atoms with van der Waals surface area (Å²) in [4.78, 5) is 0. The van der Waals surface area contributed by atoms with Crippen molar-refractivity contribution in [3.05, 3.63) is 34.3 Å². The first-order chi connectivity index (χ1) is 5.77. The van der Waals surface area contributed by atoms with Gasteiger partial charge in [-0.2, -0.15) is 0 Å². The lowest BCUT2D eigenvalue weighted by Crippen LogP contribution is -1.97. The molecule has 0 saturated carbocycles. The number of benzene rings is 1. The fourth-order valence-electron chi connectivity index (χ4n) is 1.17. The minimum Gasteiger partial charge on any atom is -0.0921 e. The predicted octanol–water partition coefficient (Wildman–Crippen LogP) is 4.34. The van der Waals surface area contributed by atoms with Gasteiger partial charge in [-0.15, -0.1) is 0 Å². The molecule has 0 bridgehead atoms. The zero-order valence-electron chi connectivity index (χ0n) is 7.06. The predicted molar refractivity (Wildman–Crippen MR) is 61.0 cm³/mol. The summed E-state index contributed by atoms with van der Waals surface area (Å²) in [5, 5.41) is 1.05. The van der Waals surface area contributed by atoms with Crippen LogP contribution in [0.5, 0.6) is 0 Å². The molecule has 1 unspecified atom stereocenters. The van der Waals surface area contributed by atoms with Gasteiger partial charge in [0, 0.05) is 9.80 Å². The van der Waals surface area contributed by atoms with Gasteiger partial charge in [0.25, 0.3) is 0 Å². The summed E-state index contributed by atoms with van der Waals surface area (Å²) in [6.45, 7) is 2.22. The Bertz CT molecular complexity index is 224. The molecular formula is C10H12Br2. The van der Waals surface area contributed by atoms with E-state index >= 15 is 0 Å². The molecule has 1 aromatic rings. The van der Waals surface area contributed by atoms with E-state index in [1.54, 1.807) is 0 Å². The van der Waals surface area contributed by atoms with Crippen LogP contribution in [0.4, 0.5) is 0 Å². The minimum absolute atomic E-state index is 0.651. The Labute approximate surface area is 90.6 Å². The molecule has 0 radical (unpaired) electrons. The Hall–Kier alpha value is 0.180. The van der Waals surface area contributed by atoms with Crippen molar-refractivity contribution in [1.29, 1.82) is 0 Å². The third-order valence-corrected chi connectivity index (χ3v) is 3.33. The van der Waals surface area contributed by atoms with Crippen LogP contribution in [0, 0.1) is 0 Å². The first-order valence-electron chi connectivity index (χ1n) is 4.09. The summed E-state index contributed by atoms with van der Waals surface area (Å²) in [6, 6.07) is 8.56. The Morgan fingerprint density at radius 1 is 1.25 bits per heavy atom. The summed E-state index contributed by atoms with van der Waals surface area (Å²) in [6.07, 6.45) is 1.19. The zero-order chi connectivity index (χ0) is 8.97. The third-order valence-electron chi connectivity index (χ3n) is 2.02. The standard InChI is InChI=1S/C10H12Br2/c1-2-8(7-11)9-3-5-10(12)6-4-9/h3-6,8H,2,7H2,1H3. The molecule has 12 heavy (non-hydrogen) atoms. The van der Waals surface area contributed by atoms with Gasteiger partial charge < -0.3 is 0 Å². The van der Waals surface area contributed by atoms with Crippen molar-refractivity contribution < 1.29 is 0 Å². The number of rotatable bonds is 3. The van der Waals surface area contributed by atoms with E-state index in [2.05, 4.69) is 63.0 Å². The number of hydrogen-bond acceptors (Lipinski definition) is 0. The lowest BCUT2D eigenvalue weighted by Gasteiger charge is -2.11. The van der Waals surface area contributed by atoms with Crippen LogP contribution in [0.1, 0.15) is 24.8 Å². The Kier molecular flexibility index (Phi) is 4.30. The first kappa shape index (κ1) is 10.3. The zero-order valence-corrected chi connectivity index (χ0v) is 10.2. The Morgan fingerprint density at radius 2 is 1.83 bits per heavy atom. The summed E-state index contributed by atoms with van der Waals surface area (Å²) in [5.74, 6) is 0.651. The van der Waals surface area contributed by atoms with E-state index < -0.39 is 0 Å². The van der Waals surface area contributed by atoms with Crippen LogP contribution in [0.15, 0.2) is 28.7 Å². The van der Waals surface area contributed by atoms with E-state index in [-0.39, 0.29) is 0 Å². The maximum atomic E-state index is 3.52. The van der Waals surface area contributed by atoms with Crippen LogP contribution in [0.2, 0.25) is 0 Å². The van der Waals surface area contributed by atoms with Gasteiger partial charge in [-0.25, -0.2) is 0 Å². The van der Waals surface area contributed by atoms with Crippen LogP contribution in [0.25, 0.3) is 0 Å². The largest absolute Gasteiger partial charge is 0.0921 e. The number of alkyl halides is 1. The van der Waals surface area contributed by atoms with Crippen molar-refractivity contribution in [3.63, 3.8) is 0 Å². The normalized spacial score (nSPS) is 12.9. The molecule has 66 valence electrons. The van der Waals surface area contributed by atoms with Gasteiger partial charge in [0.15, 0.2) is 0 Å². The highest BCUT2D eigenvalue weighted by Crippen LogP contribution is 2.23. The lowest BCUT2D eigenvalue weighted by atomic mass is 9.99. The lowest BCUT2D eigenvalue weighted by molar-refractivity contribution is 0.749. The third kappa shape index (κ3) is 2.60. The average molecular weight is 292 g/mol. The fourth-order valence-corrected chi connectivity index (χ4v) is 2.26. The molecule has 0 aliphatic carbocycles. The van der Waals surface area contributed by atoms with Crippen LogP contribution in [-0.4, -0.2) is 5.33 Å². The minimum atomic E-state index is 0.651. The molecule has 0 nitrogen and oxygen atoms in total. The quantitative estimate of drug-likeness (QED) is 0.727. The van der Waals surface area contributed by atoms with Gasteiger partial charge in [0.1, 0.15) is 0 Å². The van der Waals surface area contributed by atoms with Gasteiger partial charge in [0.2, 0.25) is 0 Å². The van der Waals surface area contributed by atoms with Crippen molar-refractivity contribution in [3.8, 4) is 0 Å². The first-order valence-corrected chi connectivity index (χ1v) is 6.00. The summed E-state index contributed by atoms with van der Waals surface area (Å²) < 4.78 is 1.15. The van der Waals surface area contributed by atoms with Crippen LogP contribution >= 0.6 is 31.9 Å². The van der Waals surface area contributed by atoms with Gasteiger partial charge in [0.05, 0.1) is 0 Å². The molecule has 2 heteroatoms. The molecule has 0 heterocycles. The van der Waals surface area contributed by atoms with Gasteiger partial charge in [-0.1, -0.05) is 50.9 Å². The van der Waals surface area contributed by atoms with E-state index in [0.29, 0.717) is 5.92 Å². The van der Waals surface area contributed by atoms with Crippen molar-refractivity contribution in [2.45, 2.75) is 19.3 Å². The van der Waals surface area contributed by atoms with Gasteiger partial charge in [-0.3, -0.25) is 0 Å². The molecular weight excluding hydrogens is 280 g/mol. The van der Waals surface area contributed by atoms with Crippen molar-refractivity contribution >= 4 is 31.9 Å². The van der Waals surface area contributed by atoms with Gasteiger partial charge in [-0.05, 0) is 30.0 Å². The van der Waals surface area contributed by atoms with Crippen molar-refractivity contribution in [2.75, 3.05) is 5.33 Å². The smallest absolute Gasteiger partial charge is 0.0175 e. The molecule has 1 aromatic carbocycles. The molecule has 0 aliphatic heterocycles. The molecule has 0 fully saturated rings. The second kappa shape index (κ2) is 5.03. The van der Waals surface area contributed by atoms with Crippen molar-refractivity contribution in [2.24, 2.45) is 0 Å². The average Bonchev–Trinajstić information content (AvgIpc) is 2.10. The summed E-state index contributed by atoms with van der Waals surface area (Å²) in [5.41, 5.74) is 1.41. The maximum Gasteiger partial charge on any atom is 0.0175 e. The molecule has 1 atom stereocenters. The maximum absolute atomic E-state index is 3.52. The molecule has 0 spiro atoms. The van der Waals surface area contributed by atoms with Crippen molar-refractivity contribution in [1.82, 2.24) is 0 Å². The molecule has 0 amide bonds. The van der Waals surface area contributed by atoms with Gasteiger partial charge >= 0.3 is 0 Å². The Balaban J connectivity index is 2.80. The van der Waals surface area contributed by atoms with E-state index in [4.69, 9.17) is 0 Å². The number of halogens is 2. The topological polar surface area (TPSA) is 0 Å².